The van der Waals surface area contributed by atoms with E-state index < -0.39 is 11.8 Å². The monoisotopic (exact) mass is 438 g/mol. The van der Waals surface area contributed by atoms with E-state index in [1.165, 1.54) is 23.1 Å². The first-order valence-electron chi connectivity index (χ1n) is 9.62. The Hall–Kier alpha value is -2.58. The number of amides is 3. The van der Waals surface area contributed by atoms with Crippen LogP contribution in [0.3, 0.4) is 0 Å². The maximum atomic E-state index is 13.4. The summed E-state index contributed by atoms with van der Waals surface area (Å²) in [7, 11) is 3.49. The van der Waals surface area contributed by atoms with Gasteiger partial charge in [-0.25, -0.2) is 9.18 Å². The van der Waals surface area contributed by atoms with E-state index in [-0.39, 0.29) is 23.5 Å². The highest BCUT2D eigenvalue weighted by atomic mass is 35.5. The van der Waals surface area contributed by atoms with Crippen LogP contribution in [-0.4, -0.2) is 59.2 Å². The molecule has 1 aromatic heterocycles. The normalized spacial score (nSPS) is 10.9. The number of hydrogen-bond donors (Lipinski definition) is 1. The van der Waals surface area contributed by atoms with Crippen molar-refractivity contribution in [2.75, 3.05) is 32.1 Å². The largest absolute Gasteiger partial charge is 0.383 e. The fourth-order valence-electron chi connectivity index (χ4n) is 2.85. The molecule has 0 saturated heterocycles. The van der Waals surface area contributed by atoms with Gasteiger partial charge < -0.3 is 24.4 Å². The van der Waals surface area contributed by atoms with Crippen molar-refractivity contribution in [1.29, 1.82) is 0 Å². The van der Waals surface area contributed by atoms with Gasteiger partial charge in [-0.2, -0.15) is 0 Å². The molecular weight excluding hydrogens is 411 g/mol. The molecule has 2 rings (SSSR count). The molecule has 9 heteroatoms. The van der Waals surface area contributed by atoms with E-state index in [9.17, 15) is 14.0 Å². The molecule has 0 unspecified atom stereocenters. The van der Waals surface area contributed by atoms with Gasteiger partial charge in [-0.15, -0.1) is 0 Å². The number of aryl methyl sites for hydroxylation is 1. The topological polar surface area (TPSA) is 66.8 Å². The van der Waals surface area contributed by atoms with Crippen LogP contribution in [0.15, 0.2) is 36.5 Å². The number of nitrogens with zero attached hydrogens (tertiary/aromatic N) is 3. The molecule has 0 atom stereocenters. The number of anilines is 1. The number of benzene rings is 1. The second kappa shape index (κ2) is 11.0. The van der Waals surface area contributed by atoms with Crippen molar-refractivity contribution in [3.8, 4) is 0 Å². The van der Waals surface area contributed by atoms with Crippen molar-refractivity contribution in [1.82, 2.24) is 14.4 Å². The summed E-state index contributed by atoms with van der Waals surface area (Å²) in [4.78, 5) is 28.9. The number of nitrogens with one attached hydrogen (secondary N) is 1. The van der Waals surface area contributed by atoms with Crippen LogP contribution >= 0.6 is 11.6 Å². The molecule has 0 bridgehead atoms. The van der Waals surface area contributed by atoms with Crippen molar-refractivity contribution in [3.05, 3.63) is 53.1 Å². The third-order valence-corrected chi connectivity index (χ3v) is 4.97. The minimum atomic E-state index is -0.569. The quantitative estimate of drug-likeness (QED) is 0.648. The van der Waals surface area contributed by atoms with Gasteiger partial charge in [-0.1, -0.05) is 11.6 Å². The van der Waals surface area contributed by atoms with E-state index in [1.807, 2.05) is 43.8 Å². The van der Waals surface area contributed by atoms with Crippen LogP contribution in [0.1, 0.15) is 19.5 Å². The Bertz CT molecular complexity index is 872. The lowest BCUT2D eigenvalue weighted by Crippen LogP contribution is -2.48. The maximum absolute atomic E-state index is 13.4. The number of aromatic nitrogens is 1. The number of methoxy groups -OCH3 is 1. The van der Waals surface area contributed by atoms with Gasteiger partial charge in [0.2, 0.25) is 5.91 Å². The lowest BCUT2D eigenvalue weighted by Gasteiger charge is -2.30. The number of urea groups is 1. The van der Waals surface area contributed by atoms with Crippen molar-refractivity contribution in [3.63, 3.8) is 0 Å². The predicted molar refractivity (Wildman–Crippen MR) is 115 cm³/mol. The Morgan fingerprint density at radius 3 is 2.60 bits per heavy atom. The minimum absolute atomic E-state index is 0.0896. The van der Waals surface area contributed by atoms with Crippen molar-refractivity contribution in [2.45, 2.75) is 26.4 Å². The van der Waals surface area contributed by atoms with Gasteiger partial charge in [0.25, 0.3) is 0 Å². The van der Waals surface area contributed by atoms with E-state index in [1.54, 1.807) is 12.0 Å². The first-order chi connectivity index (χ1) is 14.2. The SMILES string of the molecule is COCCN(Cc1cccn1C)C(=O)CN(C(=O)Nc1ccc(F)c(Cl)c1)C(C)C. The molecule has 1 N–H and O–H groups in total. The summed E-state index contributed by atoms with van der Waals surface area (Å²) in [5.41, 5.74) is 1.32. The van der Waals surface area contributed by atoms with Crippen LogP contribution in [0.4, 0.5) is 14.9 Å². The molecule has 0 aliphatic carbocycles. The molecule has 7 nitrogen and oxygen atoms in total. The van der Waals surface area contributed by atoms with E-state index in [4.69, 9.17) is 16.3 Å². The zero-order valence-electron chi connectivity index (χ0n) is 17.7. The van der Waals surface area contributed by atoms with E-state index in [0.717, 1.165) is 5.69 Å². The smallest absolute Gasteiger partial charge is 0.322 e. The van der Waals surface area contributed by atoms with E-state index in [2.05, 4.69) is 5.32 Å². The van der Waals surface area contributed by atoms with Gasteiger partial charge in [0.1, 0.15) is 12.4 Å². The first-order valence-corrected chi connectivity index (χ1v) is 10.00. The molecule has 1 aromatic carbocycles. The van der Waals surface area contributed by atoms with Gasteiger partial charge in [-0.05, 0) is 44.2 Å². The fourth-order valence-corrected chi connectivity index (χ4v) is 3.03. The van der Waals surface area contributed by atoms with Gasteiger partial charge in [0.15, 0.2) is 0 Å². The zero-order valence-corrected chi connectivity index (χ0v) is 18.4. The fraction of sp³-hybridized carbons (Fsp3) is 0.429. The van der Waals surface area contributed by atoms with E-state index in [0.29, 0.717) is 25.4 Å². The standard InChI is InChI=1S/C21H28ClFN4O3/c1-15(2)27(21(29)24-16-7-8-19(23)18(22)12-16)14-20(28)26(10-11-30-4)13-17-6-5-9-25(17)3/h5-9,12,15H,10-11,13-14H2,1-4H3,(H,24,29). The lowest BCUT2D eigenvalue weighted by atomic mass is 10.3. The summed E-state index contributed by atoms with van der Waals surface area (Å²) in [6.45, 7) is 4.74. The highest BCUT2D eigenvalue weighted by molar-refractivity contribution is 6.31. The number of ether oxygens (including phenoxy) is 1. The second-order valence-electron chi connectivity index (χ2n) is 7.20. The molecule has 0 radical (unpaired) electrons. The van der Waals surface area contributed by atoms with Crippen LogP contribution in [0.5, 0.6) is 0 Å². The highest BCUT2D eigenvalue weighted by Crippen LogP contribution is 2.20. The molecule has 3 amide bonds. The highest BCUT2D eigenvalue weighted by Gasteiger charge is 2.24. The molecule has 1 heterocycles. The van der Waals surface area contributed by atoms with Gasteiger partial charge >= 0.3 is 6.03 Å². The minimum Gasteiger partial charge on any atom is -0.383 e. The Labute approximate surface area is 181 Å². The third-order valence-electron chi connectivity index (χ3n) is 4.68. The van der Waals surface area contributed by atoms with Gasteiger partial charge in [-0.3, -0.25) is 4.79 Å². The summed E-state index contributed by atoms with van der Waals surface area (Å²) in [6, 6.07) is 7.08. The average Bonchev–Trinajstić information content (AvgIpc) is 3.10. The third kappa shape index (κ3) is 6.47. The van der Waals surface area contributed by atoms with Crippen molar-refractivity contribution >= 4 is 29.2 Å². The number of hydrogen-bond acceptors (Lipinski definition) is 3. The molecule has 30 heavy (non-hydrogen) atoms. The first kappa shape index (κ1) is 23.7. The Balaban J connectivity index is 2.11. The lowest BCUT2D eigenvalue weighted by molar-refractivity contribution is -0.133. The summed E-state index contributed by atoms with van der Waals surface area (Å²) < 4.78 is 20.4. The Kier molecular flexibility index (Phi) is 8.68. The Morgan fingerprint density at radius 1 is 1.30 bits per heavy atom. The van der Waals surface area contributed by atoms with Crippen LogP contribution in [-0.2, 0) is 23.1 Å². The summed E-state index contributed by atoms with van der Waals surface area (Å²) >= 11 is 5.78. The number of carbonyl (C=O) groups excluding carboxylic acids is 2. The number of carbonyl (C=O) groups is 2. The molecule has 0 spiro atoms. The van der Waals surface area contributed by atoms with Crippen LogP contribution in [0, 0.1) is 5.82 Å². The molecule has 164 valence electrons. The predicted octanol–water partition coefficient (Wildman–Crippen LogP) is 3.74. The van der Waals surface area contributed by atoms with Crippen molar-refractivity contribution < 1.29 is 18.7 Å². The van der Waals surface area contributed by atoms with Crippen LogP contribution in [0.2, 0.25) is 5.02 Å². The summed E-state index contributed by atoms with van der Waals surface area (Å²) in [6.07, 6.45) is 1.91. The molecule has 0 aliphatic heterocycles. The van der Waals surface area contributed by atoms with Crippen molar-refractivity contribution in [2.24, 2.45) is 7.05 Å². The van der Waals surface area contributed by atoms with Crippen LogP contribution < -0.4 is 5.32 Å². The maximum Gasteiger partial charge on any atom is 0.322 e. The van der Waals surface area contributed by atoms with Crippen LogP contribution in [0.25, 0.3) is 0 Å². The second-order valence-corrected chi connectivity index (χ2v) is 7.61. The van der Waals surface area contributed by atoms with Gasteiger partial charge in [0.05, 0.1) is 18.2 Å². The average molecular weight is 439 g/mol. The summed E-state index contributed by atoms with van der Waals surface area (Å²) in [5, 5.41) is 2.58. The molecule has 0 fully saturated rings. The molecule has 0 saturated carbocycles. The molecule has 0 aliphatic rings. The Morgan fingerprint density at radius 2 is 2.03 bits per heavy atom. The molecular formula is C21H28ClFN4O3. The summed E-state index contributed by atoms with van der Waals surface area (Å²) in [5.74, 6) is -0.769. The number of halogens is 2. The van der Waals surface area contributed by atoms with Gasteiger partial charge in [0, 0.05) is 44.3 Å². The van der Waals surface area contributed by atoms with E-state index >= 15 is 0 Å². The zero-order chi connectivity index (χ0) is 22.3. The molecule has 2 aromatic rings. The number of rotatable bonds is 9.